The van der Waals surface area contributed by atoms with Crippen LogP contribution in [-0.4, -0.2) is 41.6 Å². The summed E-state index contributed by atoms with van der Waals surface area (Å²) in [5, 5.41) is 3.83. The summed E-state index contributed by atoms with van der Waals surface area (Å²) >= 11 is 0. The van der Waals surface area contributed by atoms with Crippen LogP contribution in [0.5, 0.6) is 0 Å². The van der Waals surface area contributed by atoms with Gasteiger partial charge in [-0.05, 0) is 26.7 Å². The summed E-state index contributed by atoms with van der Waals surface area (Å²) in [5.74, 6) is 0. The second-order valence-corrected chi connectivity index (χ2v) is 9.20. The predicted octanol–water partition coefficient (Wildman–Crippen LogP) is 8.55. The molecule has 0 saturated heterocycles. The van der Waals surface area contributed by atoms with Gasteiger partial charge in [0, 0.05) is 12.1 Å². The Labute approximate surface area is 202 Å². The molecule has 0 aliphatic heterocycles. The van der Waals surface area contributed by atoms with E-state index in [1.807, 2.05) is 0 Å². The molecule has 0 aliphatic rings. The second-order valence-electron chi connectivity index (χ2n) is 9.20. The molecule has 0 radical (unpaired) electrons. The molecular formula is C26H56NNa. The zero-order valence-corrected chi connectivity index (χ0v) is 19.8. The first-order chi connectivity index (χ1) is 13.2. The van der Waals surface area contributed by atoms with Crippen molar-refractivity contribution in [3.8, 4) is 0 Å². The Hall–Kier alpha value is 0.960. The van der Waals surface area contributed by atoms with Crippen LogP contribution >= 0.6 is 0 Å². The molecule has 0 heterocycles. The van der Waals surface area contributed by atoms with Crippen molar-refractivity contribution >= 4 is 29.6 Å². The minimum atomic E-state index is 0. The van der Waals surface area contributed by atoms with Gasteiger partial charge in [-0.3, -0.25) is 0 Å². The molecule has 1 N–H and O–H groups in total. The maximum absolute atomic E-state index is 3.83. The van der Waals surface area contributed by atoms with Gasteiger partial charge in [-0.1, -0.05) is 129 Å². The van der Waals surface area contributed by atoms with Gasteiger partial charge in [-0.25, -0.2) is 0 Å². The van der Waals surface area contributed by atoms with Crippen LogP contribution in [0.25, 0.3) is 0 Å². The van der Waals surface area contributed by atoms with E-state index in [-0.39, 0.29) is 29.6 Å². The quantitative estimate of drug-likeness (QED) is 0.140. The van der Waals surface area contributed by atoms with E-state index in [1.54, 1.807) is 0 Å². The minimum absolute atomic E-state index is 0. The molecule has 0 aliphatic carbocycles. The van der Waals surface area contributed by atoms with Crippen molar-refractivity contribution in [2.45, 2.75) is 168 Å². The van der Waals surface area contributed by atoms with E-state index in [9.17, 15) is 0 Å². The average molecular weight is 406 g/mol. The van der Waals surface area contributed by atoms with Crippen molar-refractivity contribution in [2.24, 2.45) is 0 Å². The van der Waals surface area contributed by atoms with Gasteiger partial charge >= 0.3 is 29.6 Å². The Morgan fingerprint density at radius 2 is 0.679 bits per heavy atom. The van der Waals surface area contributed by atoms with Crippen LogP contribution in [-0.2, 0) is 0 Å². The normalized spacial score (nSPS) is 13.3. The second kappa shape index (κ2) is 26.0. The molecule has 0 bridgehead atoms. The first-order valence-corrected chi connectivity index (χ1v) is 13.0. The van der Waals surface area contributed by atoms with Gasteiger partial charge in [0.25, 0.3) is 0 Å². The molecule has 0 aromatic carbocycles. The summed E-state index contributed by atoms with van der Waals surface area (Å²) in [5.41, 5.74) is 0. The zero-order valence-electron chi connectivity index (χ0n) is 19.8. The molecule has 0 saturated carbocycles. The van der Waals surface area contributed by atoms with Gasteiger partial charge < -0.3 is 5.32 Å². The third-order valence-electron chi connectivity index (χ3n) is 6.05. The number of rotatable bonds is 22. The summed E-state index contributed by atoms with van der Waals surface area (Å²) in [6.07, 6.45) is 28.6. The molecule has 2 heteroatoms. The van der Waals surface area contributed by atoms with E-state index in [2.05, 4.69) is 33.0 Å². The van der Waals surface area contributed by atoms with Crippen molar-refractivity contribution in [3.05, 3.63) is 0 Å². The molecule has 0 aromatic heterocycles. The fourth-order valence-corrected chi connectivity index (χ4v) is 4.17. The first kappa shape index (κ1) is 31.1. The fourth-order valence-electron chi connectivity index (χ4n) is 4.17. The molecule has 166 valence electrons. The third-order valence-corrected chi connectivity index (χ3v) is 6.05. The maximum atomic E-state index is 3.83. The molecule has 0 spiro atoms. The molecule has 2 unspecified atom stereocenters. The van der Waals surface area contributed by atoms with Gasteiger partial charge in [-0.2, -0.15) is 0 Å². The molecule has 2 atom stereocenters. The SMILES string of the molecule is CCCCCCCCCCCC(C)NC(C)CCCCCCCCCCC.[NaH]. The summed E-state index contributed by atoms with van der Waals surface area (Å²) in [6.45, 7) is 9.37. The molecule has 0 fully saturated rings. The van der Waals surface area contributed by atoms with Crippen LogP contribution in [0.1, 0.15) is 156 Å². The summed E-state index contributed by atoms with van der Waals surface area (Å²) in [7, 11) is 0. The van der Waals surface area contributed by atoms with E-state index < -0.39 is 0 Å². The van der Waals surface area contributed by atoms with Gasteiger partial charge in [-0.15, -0.1) is 0 Å². The molecular weight excluding hydrogens is 349 g/mol. The number of unbranched alkanes of at least 4 members (excludes halogenated alkanes) is 16. The Bertz CT molecular complexity index is 243. The standard InChI is InChI=1S/C26H55N.Na.H/c1-5-7-9-11-13-15-17-19-21-23-25(3)27-26(4)24-22-20-18-16-14-12-10-8-6-2;;/h25-27H,5-24H2,1-4H3;;. The zero-order chi connectivity index (χ0) is 20.0. The van der Waals surface area contributed by atoms with E-state index in [0.717, 1.165) is 0 Å². The molecule has 0 rings (SSSR count). The molecule has 1 nitrogen and oxygen atoms in total. The third kappa shape index (κ3) is 25.0. The van der Waals surface area contributed by atoms with E-state index >= 15 is 0 Å². The number of hydrogen-bond donors (Lipinski definition) is 1. The van der Waals surface area contributed by atoms with Crippen LogP contribution in [0, 0.1) is 0 Å². The van der Waals surface area contributed by atoms with Gasteiger partial charge in [0.1, 0.15) is 0 Å². The summed E-state index contributed by atoms with van der Waals surface area (Å²) < 4.78 is 0. The summed E-state index contributed by atoms with van der Waals surface area (Å²) in [4.78, 5) is 0. The molecule has 0 aromatic rings. The van der Waals surface area contributed by atoms with Crippen molar-refractivity contribution < 1.29 is 0 Å². The topological polar surface area (TPSA) is 12.0 Å². The van der Waals surface area contributed by atoms with Crippen molar-refractivity contribution in [2.75, 3.05) is 0 Å². The Morgan fingerprint density at radius 1 is 0.429 bits per heavy atom. The predicted molar refractivity (Wildman–Crippen MR) is 133 cm³/mol. The van der Waals surface area contributed by atoms with Crippen molar-refractivity contribution in [1.29, 1.82) is 0 Å². The van der Waals surface area contributed by atoms with Crippen LogP contribution in [0.4, 0.5) is 0 Å². The van der Waals surface area contributed by atoms with Gasteiger partial charge in [0.05, 0.1) is 0 Å². The monoisotopic (exact) mass is 405 g/mol. The summed E-state index contributed by atoms with van der Waals surface area (Å²) in [6, 6.07) is 1.39. The number of nitrogens with one attached hydrogen (secondary N) is 1. The van der Waals surface area contributed by atoms with E-state index in [1.165, 1.54) is 128 Å². The van der Waals surface area contributed by atoms with Crippen molar-refractivity contribution in [3.63, 3.8) is 0 Å². The van der Waals surface area contributed by atoms with Gasteiger partial charge in [0.15, 0.2) is 0 Å². The first-order valence-electron chi connectivity index (χ1n) is 13.0. The van der Waals surface area contributed by atoms with Gasteiger partial charge in [0.2, 0.25) is 0 Å². The van der Waals surface area contributed by atoms with Crippen LogP contribution in [0.15, 0.2) is 0 Å². The van der Waals surface area contributed by atoms with Crippen molar-refractivity contribution in [1.82, 2.24) is 5.32 Å². The Morgan fingerprint density at radius 3 is 0.964 bits per heavy atom. The van der Waals surface area contributed by atoms with Crippen LogP contribution in [0.2, 0.25) is 0 Å². The van der Waals surface area contributed by atoms with E-state index in [4.69, 9.17) is 0 Å². The number of hydrogen-bond acceptors (Lipinski definition) is 1. The van der Waals surface area contributed by atoms with E-state index in [0.29, 0.717) is 12.1 Å². The Balaban J connectivity index is 0. The average Bonchev–Trinajstić information content (AvgIpc) is 2.65. The fraction of sp³-hybridized carbons (Fsp3) is 1.00. The molecule has 0 amide bonds. The Kier molecular flexibility index (Phi) is 28.9. The van der Waals surface area contributed by atoms with Crippen LogP contribution in [0.3, 0.4) is 0 Å². The van der Waals surface area contributed by atoms with Crippen LogP contribution < -0.4 is 5.32 Å². The molecule has 28 heavy (non-hydrogen) atoms.